The van der Waals surface area contributed by atoms with Crippen LogP contribution in [0.3, 0.4) is 0 Å². The number of amides is 1. The van der Waals surface area contributed by atoms with Gasteiger partial charge in [0, 0.05) is 17.3 Å². The highest BCUT2D eigenvalue weighted by molar-refractivity contribution is 6.31. The quantitative estimate of drug-likeness (QED) is 0.810. The van der Waals surface area contributed by atoms with Crippen LogP contribution in [-0.2, 0) is 0 Å². The molecular formula is C19H21ClN2O4. The van der Waals surface area contributed by atoms with E-state index in [4.69, 9.17) is 21.1 Å². The van der Waals surface area contributed by atoms with Crippen molar-refractivity contribution >= 4 is 17.5 Å². The van der Waals surface area contributed by atoms with Crippen molar-refractivity contribution in [3.63, 3.8) is 0 Å². The Morgan fingerprint density at radius 3 is 2.62 bits per heavy atom. The summed E-state index contributed by atoms with van der Waals surface area (Å²) in [4.78, 5) is 17.1. The molecule has 0 spiro atoms. The van der Waals surface area contributed by atoms with Gasteiger partial charge >= 0.3 is 0 Å². The molecule has 7 heteroatoms. The molecule has 3 rings (SSSR count). The van der Waals surface area contributed by atoms with Gasteiger partial charge in [0.05, 0.1) is 31.9 Å². The fourth-order valence-corrected chi connectivity index (χ4v) is 3.32. The first-order chi connectivity index (χ1) is 12.5. The van der Waals surface area contributed by atoms with Crippen molar-refractivity contribution in [2.75, 3.05) is 14.2 Å². The molecule has 6 nitrogen and oxygen atoms in total. The number of carbonyl (C=O) groups is 1. The third-order valence-electron chi connectivity index (χ3n) is 4.64. The number of benzene rings is 1. The summed E-state index contributed by atoms with van der Waals surface area (Å²) in [5.41, 5.74) is 1.23. The Morgan fingerprint density at radius 2 is 2.04 bits per heavy atom. The van der Waals surface area contributed by atoms with Gasteiger partial charge in [-0.3, -0.25) is 4.79 Å². The number of hydrogen-bond acceptors (Lipinski definition) is 5. The molecule has 0 aliphatic heterocycles. The molecule has 2 N–H and O–H groups in total. The highest BCUT2D eigenvalue weighted by Crippen LogP contribution is 2.38. The monoisotopic (exact) mass is 376 g/mol. The van der Waals surface area contributed by atoms with Crippen LogP contribution in [0.15, 0.2) is 36.5 Å². The summed E-state index contributed by atoms with van der Waals surface area (Å²) < 4.78 is 10.4. The summed E-state index contributed by atoms with van der Waals surface area (Å²) in [6.45, 7) is 0. The highest BCUT2D eigenvalue weighted by atomic mass is 35.5. The van der Waals surface area contributed by atoms with E-state index in [1.807, 2.05) is 6.07 Å². The Hall–Kier alpha value is -2.31. The van der Waals surface area contributed by atoms with E-state index in [9.17, 15) is 9.90 Å². The van der Waals surface area contributed by atoms with Crippen LogP contribution in [0.25, 0.3) is 0 Å². The maximum Gasteiger partial charge on any atom is 0.255 e. The van der Waals surface area contributed by atoms with Crippen LogP contribution in [0.1, 0.15) is 34.8 Å². The minimum Gasteiger partial charge on any atom is -0.496 e. The molecule has 1 atom stereocenters. The van der Waals surface area contributed by atoms with Gasteiger partial charge < -0.3 is 19.9 Å². The van der Waals surface area contributed by atoms with Crippen molar-refractivity contribution in [1.29, 1.82) is 0 Å². The summed E-state index contributed by atoms with van der Waals surface area (Å²) in [6.07, 6.45) is 2.61. The van der Waals surface area contributed by atoms with Gasteiger partial charge in [0.1, 0.15) is 5.75 Å². The molecule has 1 fully saturated rings. The lowest BCUT2D eigenvalue weighted by Crippen LogP contribution is -2.41. The Bertz CT molecular complexity index is 776. The number of methoxy groups -OCH3 is 2. The number of nitrogens with one attached hydrogen (secondary N) is 1. The lowest BCUT2D eigenvalue weighted by molar-refractivity contribution is 0.0234. The van der Waals surface area contributed by atoms with E-state index < -0.39 is 0 Å². The van der Waals surface area contributed by atoms with E-state index in [0.717, 1.165) is 5.56 Å². The van der Waals surface area contributed by atoms with Crippen molar-refractivity contribution in [3.05, 3.63) is 52.7 Å². The number of aromatic nitrogens is 1. The smallest absolute Gasteiger partial charge is 0.255 e. The molecule has 1 aromatic heterocycles. The second kappa shape index (κ2) is 7.93. The molecule has 2 aromatic rings. The maximum atomic E-state index is 12.9. The third-order valence-corrected chi connectivity index (χ3v) is 4.88. The first-order valence-electron chi connectivity index (χ1n) is 8.34. The fraction of sp³-hybridized carbons (Fsp3) is 0.368. The maximum absolute atomic E-state index is 12.9. The molecule has 138 valence electrons. The Kier molecular flexibility index (Phi) is 5.64. The van der Waals surface area contributed by atoms with E-state index in [0.29, 0.717) is 35.1 Å². The second-order valence-electron chi connectivity index (χ2n) is 6.31. The number of ether oxygens (including phenoxy) is 2. The summed E-state index contributed by atoms with van der Waals surface area (Å²) in [5, 5.41) is 13.2. The molecule has 1 aliphatic rings. The van der Waals surface area contributed by atoms with Crippen molar-refractivity contribution < 1.29 is 19.4 Å². The molecule has 1 aliphatic carbocycles. The molecule has 26 heavy (non-hydrogen) atoms. The van der Waals surface area contributed by atoms with Crippen LogP contribution in [0.2, 0.25) is 5.02 Å². The van der Waals surface area contributed by atoms with Crippen LogP contribution in [0.5, 0.6) is 11.6 Å². The van der Waals surface area contributed by atoms with Crippen LogP contribution >= 0.6 is 11.6 Å². The first-order valence-corrected chi connectivity index (χ1v) is 8.72. The number of rotatable bonds is 6. The summed E-state index contributed by atoms with van der Waals surface area (Å²) in [7, 11) is 3.06. The fourth-order valence-electron chi connectivity index (χ4n) is 3.15. The van der Waals surface area contributed by atoms with Gasteiger partial charge in [0.25, 0.3) is 5.91 Å². The Balaban J connectivity index is 1.85. The van der Waals surface area contributed by atoms with Crippen LogP contribution in [0.4, 0.5) is 0 Å². The number of halogens is 1. The van der Waals surface area contributed by atoms with Crippen molar-refractivity contribution in [1.82, 2.24) is 10.3 Å². The number of aliphatic hydroxyl groups excluding tert-OH is 1. The van der Waals surface area contributed by atoms with Gasteiger partial charge in [-0.05, 0) is 42.5 Å². The van der Waals surface area contributed by atoms with Gasteiger partial charge in [0.2, 0.25) is 5.88 Å². The summed E-state index contributed by atoms with van der Waals surface area (Å²) in [5.74, 6) is 0.803. The molecular weight excluding hydrogens is 356 g/mol. The van der Waals surface area contributed by atoms with Gasteiger partial charge in [0.15, 0.2) is 0 Å². The number of carbonyl (C=O) groups excluding carboxylic acids is 1. The molecule has 0 saturated heterocycles. The van der Waals surface area contributed by atoms with Gasteiger partial charge in [-0.1, -0.05) is 17.7 Å². The minimum atomic E-state index is -0.327. The lowest BCUT2D eigenvalue weighted by Gasteiger charge is -2.38. The van der Waals surface area contributed by atoms with Gasteiger partial charge in [-0.2, -0.15) is 0 Å². The molecule has 1 heterocycles. The second-order valence-corrected chi connectivity index (χ2v) is 6.75. The summed E-state index contributed by atoms with van der Waals surface area (Å²) in [6, 6.07) is 8.26. The molecule has 1 amide bonds. The first kappa shape index (κ1) is 18.5. The normalized spacial score (nSPS) is 20.0. The average Bonchev–Trinajstić information content (AvgIpc) is 2.63. The molecule has 1 saturated carbocycles. The molecule has 0 radical (unpaired) electrons. The SMILES string of the molecule is COc1ccc([C@H](NC(=O)c2cc(Cl)ccc2OC)C2CC(O)C2)cn1. The predicted molar refractivity (Wildman–Crippen MR) is 97.7 cm³/mol. The minimum absolute atomic E-state index is 0.134. The van der Waals surface area contributed by atoms with Gasteiger partial charge in [-0.25, -0.2) is 4.98 Å². The van der Waals surface area contributed by atoms with Crippen molar-refractivity contribution in [2.24, 2.45) is 5.92 Å². The van der Waals surface area contributed by atoms with E-state index in [2.05, 4.69) is 10.3 Å². The van der Waals surface area contributed by atoms with E-state index in [1.54, 1.807) is 37.6 Å². The van der Waals surface area contributed by atoms with Crippen LogP contribution in [0, 0.1) is 5.92 Å². The number of aliphatic hydroxyl groups is 1. The average molecular weight is 377 g/mol. The van der Waals surface area contributed by atoms with Gasteiger partial charge in [-0.15, -0.1) is 0 Å². The van der Waals surface area contributed by atoms with E-state index in [-0.39, 0.29) is 24.0 Å². The zero-order valence-electron chi connectivity index (χ0n) is 14.6. The number of hydrogen-bond donors (Lipinski definition) is 2. The van der Waals surface area contributed by atoms with E-state index >= 15 is 0 Å². The third kappa shape index (κ3) is 3.92. The zero-order chi connectivity index (χ0) is 18.7. The van der Waals surface area contributed by atoms with E-state index in [1.165, 1.54) is 7.11 Å². The Morgan fingerprint density at radius 1 is 1.27 bits per heavy atom. The van der Waals surface area contributed by atoms with Crippen LogP contribution in [-0.4, -0.2) is 36.3 Å². The highest BCUT2D eigenvalue weighted by Gasteiger charge is 2.36. The largest absolute Gasteiger partial charge is 0.496 e. The topological polar surface area (TPSA) is 80.7 Å². The summed E-state index contributed by atoms with van der Waals surface area (Å²) >= 11 is 6.03. The predicted octanol–water partition coefficient (Wildman–Crippen LogP) is 2.99. The lowest BCUT2D eigenvalue weighted by atomic mass is 9.75. The molecule has 0 unspecified atom stereocenters. The Labute approximate surface area is 157 Å². The standard InChI is InChI=1S/C19H21ClN2O4/c1-25-16-5-4-13(20)9-15(16)19(24)22-18(12-7-14(23)8-12)11-3-6-17(26-2)21-10-11/h3-6,9-10,12,14,18,23H,7-8H2,1-2H3,(H,22,24)/t12?,14?,18-/m0/s1. The van der Waals surface area contributed by atoms with Crippen LogP contribution < -0.4 is 14.8 Å². The van der Waals surface area contributed by atoms with Crippen molar-refractivity contribution in [3.8, 4) is 11.6 Å². The molecule has 0 bridgehead atoms. The number of nitrogens with zero attached hydrogens (tertiary/aromatic N) is 1. The zero-order valence-corrected chi connectivity index (χ0v) is 15.4. The van der Waals surface area contributed by atoms with Crippen molar-refractivity contribution in [2.45, 2.75) is 25.0 Å². The molecule has 1 aromatic carbocycles. The number of pyridine rings is 1.